The van der Waals surface area contributed by atoms with Crippen molar-refractivity contribution in [1.82, 2.24) is 5.32 Å². The zero-order chi connectivity index (χ0) is 16.3. The Labute approximate surface area is 126 Å². The Balaban J connectivity index is 2.75. The largest absolute Gasteiger partial charge is 0.378 e. The third kappa shape index (κ3) is 5.68. The smallest absolute Gasteiger partial charge is 0.253 e. The summed E-state index contributed by atoms with van der Waals surface area (Å²) in [7, 11) is 0. The average Bonchev–Trinajstić information content (AvgIpc) is 2.34. The summed E-state index contributed by atoms with van der Waals surface area (Å²) >= 11 is 0. The van der Waals surface area contributed by atoms with E-state index in [1.807, 2.05) is 13.8 Å². The van der Waals surface area contributed by atoms with Gasteiger partial charge in [0.15, 0.2) is 6.10 Å². The first-order valence-corrected chi connectivity index (χ1v) is 7.09. The molecule has 0 fully saturated rings. The maximum Gasteiger partial charge on any atom is 0.253 e. The molecular formula is C17H25NO3. The maximum absolute atomic E-state index is 12.2. The molecule has 0 aliphatic carbocycles. The van der Waals surface area contributed by atoms with Gasteiger partial charge < -0.3 is 10.4 Å². The predicted octanol–water partition coefficient (Wildman–Crippen LogP) is 2.86. The molecule has 0 spiro atoms. The van der Waals surface area contributed by atoms with Crippen molar-refractivity contribution < 1.29 is 14.7 Å². The Morgan fingerprint density at radius 1 is 1.19 bits per heavy atom. The summed E-state index contributed by atoms with van der Waals surface area (Å²) in [4.78, 5) is 22.8. The van der Waals surface area contributed by atoms with Crippen LogP contribution in [0.15, 0.2) is 24.3 Å². The molecule has 0 bridgehead atoms. The first-order chi connectivity index (χ1) is 9.54. The molecule has 1 rings (SSSR count). The normalized spacial score (nSPS) is 13.6. The van der Waals surface area contributed by atoms with Crippen LogP contribution < -0.4 is 5.32 Å². The molecular weight excluding hydrogens is 266 g/mol. The second-order valence-corrected chi connectivity index (χ2v) is 7.30. The van der Waals surface area contributed by atoms with Crippen LogP contribution in [0.25, 0.3) is 0 Å². The molecule has 0 heterocycles. The summed E-state index contributed by atoms with van der Waals surface area (Å²) in [6.07, 6.45) is 0.288. The molecule has 21 heavy (non-hydrogen) atoms. The van der Waals surface area contributed by atoms with Crippen molar-refractivity contribution in [3.05, 3.63) is 35.4 Å². The number of aliphatic hydroxyl groups excluding tert-OH is 1. The van der Waals surface area contributed by atoms with E-state index in [-0.39, 0.29) is 5.41 Å². The summed E-state index contributed by atoms with van der Waals surface area (Å²) in [5.41, 5.74) is 0.663. The third-order valence-corrected chi connectivity index (χ3v) is 3.07. The fraction of sp³-hybridized carbons (Fsp3) is 0.529. The van der Waals surface area contributed by atoms with Gasteiger partial charge in [0.1, 0.15) is 6.29 Å². The number of aldehydes is 1. The number of amides is 1. The molecule has 1 atom stereocenters. The Morgan fingerprint density at radius 2 is 1.71 bits per heavy atom. The lowest BCUT2D eigenvalue weighted by Crippen LogP contribution is -2.47. The monoisotopic (exact) mass is 291 g/mol. The number of rotatable bonds is 5. The van der Waals surface area contributed by atoms with Gasteiger partial charge in [-0.2, -0.15) is 0 Å². The summed E-state index contributed by atoms with van der Waals surface area (Å²) < 4.78 is 0. The average molecular weight is 291 g/mol. The number of hydrogen-bond acceptors (Lipinski definition) is 3. The van der Waals surface area contributed by atoms with Crippen molar-refractivity contribution in [3.8, 4) is 0 Å². The van der Waals surface area contributed by atoms with Gasteiger partial charge in [0.05, 0.1) is 0 Å². The molecule has 4 nitrogen and oxygen atoms in total. The molecule has 0 aromatic heterocycles. The lowest BCUT2D eigenvalue weighted by atomic mass is 9.81. The van der Waals surface area contributed by atoms with Crippen molar-refractivity contribution in [1.29, 1.82) is 0 Å². The number of aliphatic hydroxyl groups is 1. The van der Waals surface area contributed by atoms with Crippen molar-refractivity contribution in [3.63, 3.8) is 0 Å². The van der Waals surface area contributed by atoms with Gasteiger partial charge >= 0.3 is 0 Å². The zero-order valence-corrected chi connectivity index (χ0v) is 13.4. The molecule has 4 heteroatoms. The molecule has 1 unspecified atom stereocenters. The quantitative estimate of drug-likeness (QED) is 0.820. The number of benzene rings is 1. The van der Waals surface area contributed by atoms with Gasteiger partial charge in [0.2, 0.25) is 0 Å². The minimum atomic E-state index is -1.23. The summed E-state index contributed by atoms with van der Waals surface area (Å²) in [5, 5.41) is 13.0. The second kappa shape index (κ2) is 6.39. The minimum Gasteiger partial charge on any atom is -0.378 e. The van der Waals surface area contributed by atoms with Crippen LogP contribution in [0.2, 0.25) is 0 Å². The van der Waals surface area contributed by atoms with Crippen LogP contribution >= 0.6 is 0 Å². The van der Waals surface area contributed by atoms with Crippen LogP contribution in [0, 0.1) is 5.41 Å². The number of nitrogens with one attached hydrogen (secondary N) is 1. The molecule has 0 saturated heterocycles. The summed E-state index contributed by atoms with van der Waals surface area (Å²) in [6, 6.07) is 6.34. The van der Waals surface area contributed by atoms with E-state index < -0.39 is 17.6 Å². The fourth-order valence-electron chi connectivity index (χ4n) is 2.68. The Bertz CT molecular complexity index is 498. The second-order valence-electron chi connectivity index (χ2n) is 7.30. The van der Waals surface area contributed by atoms with Gasteiger partial charge in [0.25, 0.3) is 5.91 Å². The Hall–Kier alpha value is -1.68. The highest BCUT2D eigenvalue weighted by Gasteiger charge is 2.29. The van der Waals surface area contributed by atoms with E-state index in [0.717, 1.165) is 12.7 Å². The van der Waals surface area contributed by atoms with Crippen LogP contribution in [-0.2, 0) is 4.79 Å². The molecule has 1 aromatic carbocycles. The van der Waals surface area contributed by atoms with Gasteiger partial charge in [-0.05, 0) is 31.2 Å². The van der Waals surface area contributed by atoms with Gasteiger partial charge in [-0.1, -0.05) is 45.0 Å². The third-order valence-electron chi connectivity index (χ3n) is 3.07. The standard InChI is InChI=1S/C17H25NO3/c1-16(2,3)11-17(4,5)18-15(21)14(20)13-8-6-12(10-19)7-9-13/h6-10,14,20H,11H2,1-5H3,(H,18,21). The zero-order valence-electron chi connectivity index (χ0n) is 13.4. The SMILES string of the molecule is CC(C)(C)CC(C)(C)NC(=O)C(O)c1ccc(C=O)cc1. The number of hydrogen-bond donors (Lipinski definition) is 2. The Morgan fingerprint density at radius 3 is 2.14 bits per heavy atom. The first-order valence-electron chi connectivity index (χ1n) is 7.09. The summed E-state index contributed by atoms with van der Waals surface area (Å²) in [5.74, 6) is -0.428. The van der Waals surface area contributed by atoms with E-state index >= 15 is 0 Å². The molecule has 1 amide bonds. The van der Waals surface area contributed by atoms with Crippen LogP contribution in [0.3, 0.4) is 0 Å². The lowest BCUT2D eigenvalue weighted by Gasteiger charge is -2.34. The summed E-state index contributed by atoms with van der Waals surface area (Å²) in [6.45, 7) is 10.2. The minimum absolute atomic E-state index is 0.0767. The first kappa shape index (κ1) is 17.4. The molecule has 0 saturated carbocycles. The highest BCUT2D eigenvalue weighted by molar-refractivity contribution is 5.83. The number of carbonyl (C=O) groups is 2. The fourth-order valence-corrected chi connectivity index (χ4v) is 2.68. The highest BCUT2D eigenvalue weighted by Crippen LogP contribution is 2.27. The van der Waals surface area contributed by atoms with Crippen LogP contribution in [0.4, 0.5) is 0 Å². The topological polar surface area (TPSA) is 66.4 Å². The van der Waals surface area contributed by atoms with E-state index in [0.29, 0.717) is 11.1 Å². The van der Waals surface area contributed by atoms with E-state index in [1.54, 1.807) is 24.3 Å². The van der Waals surface area contributed by atoms with E-state index in [9.17, 15) is 14.7 Å². The lowest BCUT2D eigenvalue weighted by molar-refractivity contribution is -0.131. The molecule has 116 valence electrons. The van der Waals surface area contributed by atoms with Gasteiger partial charge in [-0.3, -0.25) is 9.59 Å². The van der Waals surface area contributed by atoms with Gasteiger partial charge in [-0.15, -0.1) is 0 Å². The maximum atomic E-state index is 12.2. The van der Waals surface area contributed by atoms with Crippen molar-refractivity contribution in [2.75, 3.05) is 0 Å². The van der Waals surface area contributed by atoms with Crippen molar-refractivity contribution in [2.45, 2.75) is 52.7 Å². The van der Waals surface area contributed by atoms with Gasteiger partial charge in [-0.25, -0.2) is 0 Å². The van der Waals surface area contributed by atoms with E-state index in [4.69, 9.17) is 0 Å². The van der Waals surface area contributed by atoms with E-state index in [1.165, 1.54) is 0 Å². The molecule has 0 aliphatic rings. The highest BCUT2D eigenvalue weighted by atomic mass is 16.3. The Kier molecular flexibility index (Phi) is 5.29. The van der Waals surface area contributed by atoms with E-state index in [2.05, 4.69) is 26.1 Å². The predicted molar refractivity (Wildman–Crippen MR) is 83.1 cm³/mol. The van der Waals surface area contributed by atoms with Crippen LogP contribution in [0.5, 0.6) is 0 Å². The van der Waals surface area contributed by atoms with Crippen molar-refractivity contribution >= 4 is 12.2 Å². The molecule has 0 aliphatic heterocycles. The molecule has 1 aromatic rings. The molecule has 2 N–H and O–H groups in total. The number of carbonyl (C=O) groups excluding carboxylic acids is 2. The molecule has 0 radical (unpaired) electrons. The van der Waals surface area contributed by atoms with Crippen molar-refractivity contribution in [2.24, 2.45) is 5.41 Å². The van der Waals surface area contributed by atoms with Crippen LogP contribution in [0.1, 0.15) is 63.1 Å². The van der Waals surface area contributed by atoms with Crippen LogP contribution in [-0.4, -0.2) is 22.8 Å². The van der Waals surface area contributed by atoms with Gasteiger partial charge in [0, 0.05) is 11.1 Å².